The van der Waals surface area contributed by atoms with Crippen LogP contribution in [0.1, 0.15) is 0 Å². The Morgan fingerprint density at radius 1 is 1.55 bits per heavy atom. The zero-order valence-electron chi connectivity index (χ0n) is 6.10. The van der Waals surface area contributed by atoms with Crippen molar-refractivity contribution in [2.45, 2.75) is 4.90 Å². The van der Waals surface area contributed by atoms with Crippen LogP contribution in [0.4, 0.5) is 10.1 Å². The molecular weight excluding hydrogens is 163 g/mol. The highest BCUT2D eigenvalue weighted by Crippen LogP contribution is 2.19. The van der Waals surface area contributed by atoms with E-state index < -0.39 is 0 Å². The van der Waals surface area contributed by atoms with Crippen molar-refractivity contribution in [1.29, 1.82) is 0 Å². The lowest BCUT2D eigenvalue weighted by Gasteiger charge is -2.00. The van der Waals surface area contributed by atoms with Gasteiger partial charge in [-0.15, -0.1) is 0 Å². The Hall–Kier alpha value is -0.740. The van der Waals surface area contributed by atoms with Crippen LogP contribution in [-0.2, 0) is 0 Å². The monoisotopic (exact) mass is 172 g/mol. The molecule has 0 saturated carbocycles. The highest BCUT2D eigenvalue weighted by atomic mass is 32.2. The summed E-state index contributed by atoms with van der Waals surface area (Å²) < 4.78 is 15.5. The van der Waals surface area contributed by atoms with E-state index >= 15 is 0 Å². The smallest absolute Gasteiger partial charge is 0.146 e. The summed E-state index contributed by atoms with van der Waals surface area (Å²) in [5, 5.41) is 0. The van der Waals surface area contributed by atoms with Crippen molar-refractivity contribution < 1.29 is 4.39 Å². The molecule has 0 heterocycles. The first kappa shape index (κ1) is 8.36. The summed E-state index contributed by atoms with van der Waals surface area (Å²) in [6.07, 6.45) is 0. The van der Waals surface area contributed by atoms with Crippen LogP contribution < -0.4 is 10.5 Å². The molecule has 1 aromatic rings. The lowest BCUT2D eigenvalue weighted by molar-refractivity contribution is 0.631. The third kappa shape index (κ3) is 2.10. The second-order valence-electron chi connectivity index (χ2n) is 1.99. The maximum atomic E-state index is 12.6. The summed E-state index contributed by atoms with van der Waals surface area (Å²) >= 11 is 1.40. The van der Waals surface area contributed by atoms with Crippen molar-refractivity contribution in [2.75, 3.05) is 12.8 Å². The van der Waals surface area contributed by atoms with Gasteiger partial charge >= 0.3 is 0 Å². The molecule has 0 radical (unpaired) electrons. The first-order valence-corrected chi connectivity index (χ1v) is 3.94. The average molecular weight is 172 g/mol. The van der Waals surface area contributed by atoms with Gasteiger partial charge in [-0.1, -0.05) is 0 Å². The molecule has 0 bridgehead atoms. The minimum absolute atomic E-state index is 0.185. The third-order valence-corrected chi connectivity index (χ3v) is 1.88. The van der Waals surface area contributed by atoms with Gasteiger partial charge in [-0.2, -0.15) is 0 Å². The molecule has 0 aromatic heterocycles. The molecule has 0 aliphatic rings. The first-order chi connectivity index (χ1) is 5.24. The van der Waals surface area contributed by atoms with Crippen LogP contribution in [0.5, 0.6) is 0 Å². The minimum Gasteiger partial charge on any atom is -0.396 e. The van der Waals surface area contributed by atoms with Crippen LogP contribution in [0.3, 0.4) is 0 Å². The maximum Gasteiger partial charge on any atom is 0.146 e. The van der Waals surface area contributed by atoms with Crippen molar-refractivity contribution in [2.24, 2.45) is 0 Å². The number of rotatable bonds is 2. The molecule has 0 aliphatic heterocycles. The molecular formula is C7H9FN2S. The Morgan fingerprint density at radius 2 is 2.27 bits per heavy atom. The number of anilines is 1. The number of hydrogen-bond acceptors (Lipinski definition) is 3. The maximum absolute atomic E-state index is 12.6. The summed E-state index contributed by atoms with van der Waals surface area (Å²) in [7, 11) is 1.80. The fourth-order valence-electron chi connectivity index (χ4n) is 0.703. The van der Waals surface area contributed by atoms with Crippen LogP contribution in [-0.4, -0.2) is 7.05 Å². The largest absolute Gasteiger partial charge is 0.396 e. The van der Waals surface area contributed by atoms with Crippen LogP contribution in [0, 0.1) is 5.82 Å². The standard InChI is InChI=1S/C7H9FN2S/c1-10-11-5-2-3-6(8)7(9)4-5/h2-4,10H,9H2,1H3. The SMILES string of the molecule is CNSc1ccc(F)c(N)c1. The zero-order valence-corrected chi connectivity index (χ0v) is 6.91. The fourth-order valence-corrected chi connectivity index (χ4v) is 1.26. The van der Waals surface area contributed by atoms with Gasteiger partial charge in [-0.25, -0.2) is 4.39 Å². The lowest BCUT2D eigenvalue weighted by Crippen LogP contribution is -1.94. The molecule has 0 spiro atoms. The summed E-state index contributed by atoms with van der Waals surface area (Å²) in [6, 6.07) is 4.62. The topological polar surface area (TPSA) is 38.0 Å². The zero-order chi connectivity index (χ0) is 8.27. The molecule has 3 N–H and O–H groups in total. The van der Waals surface area contributed by atoms with Gasteiger partial charge in [0.25, 0.3) is 0 Å². The number of nitrogens with one attached hydrogen (secondary N) is 1. The predicted molar refractivity (Wildman–Crippen MR) is 45.7 cm³/mol. The van der Waals surface area contributed by atoms with Gasteiger partial charge in [0.15, 0.2) is 0 Å². The van der Waals surface area contributed by atoms with Crippen molar-refractivity contribution in [3.63, 3.8) is 0 Å². The van der Waals surface area contributed by atoms with E-state index in [0.29, 0.717) is 0 Å². The fraction of sp³-hybridized carbons (Fsp3) is 0.143. The van der Waals surface area contributed by atoms with E-state index in [4.69, 9.17) is 5.73 Å². The molecule has 1 aromatic carbocycles. The van der Waals surface area contributed by atoms with Gasteiger partial charge in [0.1, 0.15) is 5.82 Å². The summed E-state index contributed by atoms with van der Waals surface area (Å²) in [6.45, 7) is 0. The number of nitrogen functional groups attached to an aromatic ring is 1. The van der Waals surface area contributed by atoms with Crippen LogP contribution >= 0.6 is 11.9 Å². The number of halogens is 1. The lowest BCUT2D eigenvalue weighted by atomic mass is 10.3. The third-order valence-electron chi connectivity index (χ3n) is 1.19. The Balaban J connectivity index is 2.86. The molecule has 4 heteroatoms. The molecule has 11 heavy (non-hydrogen) atoms. The molecule has 0 amide bonds. The molecule has 0 fully saturated rings. The van der Waals surface area contributed by atoms with E-state index in [1.165, 1.54) is 18.0 Å². The van der Waals surface area contributed by atoms with Gasteiger partial charge in [-0.3, -0.25) is 4.72 Å². The van der Waals surface area contributed by atoms with Gasteiger partial charge < -0.3 is 5.73 Å². The molecule has 60 valence electrons. The predicted octanol–water partition coefficient (Wildman–Crippen LogP) is 1.63. The Bertz CT molecular complexity index is 252. The second kappa shape index (κ2) is 3.59. The van der Waals surface area contributed by atoms with Crippen molar-refractivity contribution in [3.05, 3.63) is 24.0 Å². The normalized spacial score (nSPS) is 10.0. The van der Waals surface area contributed by atoms with E-state index in [2.05, 4.69) is 4.72 Å². The Morgan fingerprint density at radius 3 is 2.82 bits per heavy atom. The first-order valence-electron chi connectivity index (χ1n) is 3.12. The van der Waals surface area contributed by atoms with Crippen molar-refractivity contribution in [1.82, 2.24) is 4.72 Å². The summed E-state index contributed by atoms with van der Waals surface area (Å²) in [4.78, 5) is 0.909. The molecule has 1 rings (SSSR count). The summed E-state index contributed by atoms with van der Waals surface area (Å²) in [5.74, 6) is -0.370. The molecule has 2 nitrogen and oxygen atoms in total. The highest BCUT2D eigenvalue weighted by molar-refractivity contribution is 7.97. The number of hydrogen-bond donors (Lipinski definition) is 2. The van der Waals surface area contributed by atoms with E-state index in [1.54, 1.807) is 19.2 Å². The van der Waals surface area contributed by atoms with E-state index in [-0.39, 0.29) is 11.5 Å². The quantitative estimate of drug-likeness (QED) is 0.526. The van der Waals surface area contributed by atoms with Gasteiger partial charge in [0.2, 0.25) is 0 Å². The average Bonchev–Trinajstić information content (AvgIpc) is 1.98. The van der Waals surface area contributed by atoms with Crippen molar-refractivity contribution in [3.8, 4) is 0 Å². The van der Waals surface area contributed by atoms with E-state index in [1.807, 2.05) is 0 Å². The number of benzene rings is 1. The van der Waals surface area contributed by atoms with E-state index in [9.17, 15) is 4.39 Å². The molecule has 0 saturated heterocycles. The highest BCUT2D eigenvalue weighted by Gasteiger charge is 1.98. The van der Waals surface area contributed by atoms with Gasteiger partial charge in [0.05, 0.1) is 5.69 Å². The Kier molecular flexibility index (Phi) is 2.73. The van der Waals surface area contributed by atoms with Crippen molar-refractivity contribution >= 4 is 17.6 Å². The van der Waals surface area contributed by atoms with E-state index in [0.717, 1.165) is 4.90 Å². The number of nitrogens with two attached hydrogens (primary N) is 1. The summed E-state index contributed by atoms with van der Waals surface area (Å²) in [5.41, 5.74) is 5.52. The van der Waals surface area contributed by atoms with Crippen LogP contribution in [0.2, 0.25) is 0 Å². The second-order valence-corrected chi connectivity index (χ2v) is 3.07. The molecule has 0 atom stereocenters. The Labute approximate surface area is 69.1 Å². The van der Waals surface area contributed by atoms with Crippen LogP contribution in [0.15, 0.2) is 23.1 Å². The van der Waals surface area contributed by atoms with Crippen LogP contribution in [0.25, 0.3) is 0 Å². The minimum atomic E-state index is -0.370. The van der Waals surface area contributed by atoms with Gasteiger partial charge in [0, 0.05) is 4.90 Å². The molecule has 0 aliphatic carbocycles. The van der Waals surface area contributed by atoms with Gasteiger partial charge in [-0.05, 0) is 37.2 Å². The molecule has 0 unspecified atom stereocenters.